The smallest absolute Gasteiger partial charge is 0.255 e. The highest BCUT2D eigenvalue weighted by atomic mass is 16.5. The molecule has 32 heavy (non-hydrogen) atoms. The number of hydrogen-bond acceptors (Lipinski definition) is 5. The number of aromatic nitrogens is 1. The van der Waals surface area contributed by atoms with Gasteiger partial charge < -0.3 is 15.4 Å². The maximum atomic E-state index is 13.0. The first kappa shape index (κ1) is 21.8. The van der Waals surface area contributed by atoms with Gasteiger partial charge in [0.15, 0.2) is 0 Å². The zero-order chi connectivity index (χ0) is 22.5. The number of fused-ring (bicyclic) bond motifs is 1. The number of carbonyl (C=O) groups excluding carboxylic acids is 2. The van der Waals surface area contributed by atoms with Crippen LogP contribution in [0.15, 0.2) is 48.7 Å². The van der Waals surface area contributed by atoms with Crippen molar-refractivity contribution in [3.63, 3.8) is 0 Å². The molecule has 2 aromatic carbocycles. The minimum Gasteiger partial charge on any atom is -0.496 e. The fourth-order valence-corrected chi connectivity index (χ4v) is 3.81. The Hall–Kier alpha value is -3.41. The van der Waals surface area contributed by atoms with Gasteiger partial charge in [0.1, 0.15) is 11.5 Å². The van der Waals surface area contributed by atoms with Crippen LogP contribution in [0.5, 0.6) is 5.75 Å². The van der Waals surface area contributed by atoms with Crippen LogP contribution in [0.3, 0.4) is 0 Å². The van der Waals surface area contributed by atoms with E-state index in [1.807, 2.05) is 49.4 Å². The fraction of sp³-hybridized carbons (Fsp3) is 0.346. The second-order valence-corrected chi connectivity index (χ2v) is 8.28. The third-order valence-corrected chi connectivity index (χ3v) is 5.66. The number of amides is 1. The average Bonchev–Trinajstić information content (AvgIpc) is 3.61. The molecule has 0 unspecified atom stereocenters. The number of nitrogens with zero attached hydrogens (tertiary/aromatic N) is 1. The number of ether oxygens (including phenoxy) is 1. The highest BCUT2D eigenvalue weighted by Crippen LogP contribution is 2.33. The zero-order valence-electron chi connectivity index (χ0n) is 18.6. The first-order valence-corrected chi connectivity index (χ1v) is 11.2. The molecular weight excluding hydrogens is 402 g/mol. The highest BCUT2D eigenvalue weighted by Gasteiger charge is 2.26. The van der Waals surface area contributed by atoms with E-state index in [0.29, 0.717) is 36.2 Å². The Morgan fingerprint density at radius 1 is 1.16 bits per heavy atom. The number of benzene rings is 2. The van der Waals surface area contributed by atoms with Gasteiger partial charge in [-0.2, -0.15) is 0 Å². The lowest BCUT2D eigenvalue weighted by atomic mass is 10.00. The summed E-state index contributed by atoms with van der Waals surface area (Å²) in [5.74, 6) is 0.676. The molecule has 1 aliphatic carbocycles. The molecule has 2 N–H and O–H groups in total. The Bertz CT molecular complexity index is 1120. The van der Waals surface area contributed by atoms with Gasteiger partial charge in [-0.15, -0.1) is 0 Å². The molecule has 0 radical (unpaired) electrons. The second kappa shape index (κ2) is 9.81. The molecule has 166 valence electrons. The summed E-state index contributed by atoms with van der Waals surface area (Å²) in [6, 6.07) is 14.1. The molecule has 0 saturated heterocycles. The van der Waals surface area contributed by atoms with Crippen LogP contribution in [-0.2, 0) is 17.8 Å². The summed E-state index contributed by atoms with van der Waals surface area (Å²) < 4.78 is 5.55. The summed E-state index contributed by atoms with van der Waals surface area (Å²) in [5, 5.41) is 7.34. The molecule has 1 amide bonds. The predicted molar refractivity (Wildman–Crippen MR) is 126 cm³/mol. The molecule has 1 heterocycles. The molecule has 1 aliphatic rings. The van der Waals surface area contributed by atoms with E-state index < -0.39 is 0 Å². The van der Waals surface area contributed by atoms with Gasteiger partial charge in [0, 0.05) is 48.6 Å². The Morgan fingerprint density at radius 2 is 1.94 bits per heavy atom. The van der Waals surface area contributed by atoms with E-state index in [0.717, 1.165) is 41.5 Å². The van der Waals surface area contributed by atoms with Crippen LogP contribution in [0.4, 0.5) is 5.69 Å². The number of rotatable bonds is 10. The maximum absolute atomic E-state index is 13.0. The molecule has 4 rings (SSSR count). The van der Waals surface area contributed by atoms with Crippen molar-refractivity contribution < 1.29 is 14.3 Å². The Morgan fingerprint density at radius 3 is 2.62 bits per heavy atom. The molecule has 1 fully saturated rings. The molecule has 1 aromatic heterocycles. The van der Waals surface area contributed by atoms with Gasteiger partial charge in [0.25, 0.3) is 5.91 Å². The van der Waals surface area contributed by atoms with E-state index in [1.165, 1.54) is 0 Å². The van der Waals surface area contributed by atoms with Crippen LogP contribution in [0.25, 0.3) is 10.9 Å². The minimum atomic E-state index is -0.128. The number of methoxy groups -OCH3 is 1. The monoisotopic (exact) mass is 431 g/mol. The second-order valence-electron chi connectivity index (χ2n) is 8.28. The number of Topliss-reactive ketones (excluding diaryl/α,β-unsaturated/α-hetero) is 1. The van der Waals surface area contributed by atoms with E-state index >= 15 is 0 Å². The number of ketones is 1. The maximum Gasteiger partial charge on any atom is 0.255 e. The summed E-state index contributed by atoms with van der Waals surface area (Å²) in [7, 11) is 1.60. The first-order chi connectivity index (χ1) is 15.6. The molecule has 6 heteroatoms. The standard InChI is InChI=1S/C26H29N3O3/c1-3-7-20(30)12-18-13-21-23(14-24(18)32-2)27-16-22(26(31)29-19-10-11-19)25(21)28-15-17-8-5-4-6-9-17/h4-6,8-9,13-14,16,19H,3,7,10-12,15H2,1-2H3,(H,27,28)(H,29,31). The van der Waals surface area contributed by atoms with Crippen molar-refractivity contribution in [3.8, 4) is 5.75 Å². The van der Waals surface area contributed by atoms with Crippen LogP contribution < -0.4 is 15.4 Å². The summed E-state index contributed by atoms with van der Waals surface area (Å²) in [4.78, 5) is 29.9. The SMILES string of the molecule is CCCC(=O)Cc1cc2c(NCc3ccccc3)c(C(=O)NC3CC3)cnc2cc1OC. The Balaban J connectivity index is 1.77. The number of anilines is 1. The molecule has 3 aromatic rings. The lowest BCUT2D eigenvalue weighted by molar-refractivity contribution is -0.118. The molecule has 6 nitrogen and oxygen atoms in total. The van der Waals surface area contributed by atoms with Crippen molar-refractivity contribution in [2.75, 3.05) is 12.4 Å². The Kier molecular flexibility index (Phi) is 6.69. The van der Waals surface area contributed by atoms with Gasteiger partial charge >= 0.3 is 0 Å². The van der Waals surface area contributed by atoms with E-state index in [9.17, 15) is 9.59 Å². The summed E-state index contributed by atoms with van der Waals surface area (Å²) in [5.41, 5.74) is 3.87. The number of hydrogen-bond donors (Lipinski definition) is 2. The van der Waals surface area contributed by atoms with Crippen molar-refractivity contribution in [2.24, 2.45) is 0 Å². The van der Waals surface area contributed by atoms with E-state index in [4.69, 9.17) is 4.74 Å². The zero-order valence-corrected chi connectivity index (χ0v) is 18.6. The minimum absolute atomic E-state index is 0.128. The van der Waals surface area contributed by atoms with Crippen molar-refractivity contribution in [1.29, 1.82) is 0 Å². The lowest BCUT2D eigenvalue weighted by Crippen LogP contribution is -2.26. The van der Waals surface area contributed by atoms with Gasteiger partial charge in [-0.25, -0.2) is 0 Å². The normalized spacial score (nSPS) is 13.1. The Labute approximate surface area is 188 Å². The van der Waals surface area contributed by atoms with Gasteiger partial charge in [-0.3, -0.25) is 14.6 Å². The topological polar surface area (TPSA) is 80.3 Å². The average molecular weight is 432 g/mol. The molecule has 0 aliphatic heterocycles. The number of pyridine rings is 1. The predicted octanol–water partition coefficient (Wildman–Crippen LogP) is 4.66. The summed E-state index contributed by atoms with van der Waals surface area (Å²) in [6.07, 6.45) is 5.28. The first-order valence-electron chi connectivity index (χ1n) is 11.2. The van der Waals surface area contributed by atoms with Crippen molar-refractivity contribution in [3.05, 3.63) is 65.4 Å². The summed E-state index contributed by atoms with van der Waals surface area (Å²) >= 11 is 0. The third kappa shape index (κ3) is 5.07. The largest absolute Gasteiger partial charge is 0.496 e. The molecule has 0 spiro atoms. The van der Waals surface area contributed by atoms with Crippen LogP contribution >= 0.6 is 0 Å². The van der Waals surface area contributed by atoms with Crippen molar-refractivity contribution in [1.82, 2.24) is 10.3 Å². The number of carbonyl (C=O) groups is 2. The van der Waals surface area contributed by atoms with Gasteiger partial charge in [0.05, 0.1) is 23.9 Å². The van der Waals surface area contributed by atoms with Gasteiger partial charge in [0.2, 0.25) is 0 Å². The van der Waals surface area contributed by atoms with Crippen LogP contribution in [0.2, 0.25) is 0 Å². The van der Waals surface area contributed by atoms with Gasteiger partial charge in [-0.1, -0.05) is 37.3 Å². The van der Waals surface area contributed by atoms with Crippen LogP contribution in [0.1, 0.15) is 54.1 Å². The van der Waals surface area contributed by atoms with Crippen molar-refractivity contribution in [2.45, 2.75) is 51.6 Å². The quantitative estimate of drug-likeness (QED) is 0.488. The number of nitrogens with one attached hydrogen (secondary N) is 2. The summed E-state index contributed by atoms with van der Waals surface area (Å²) in [6.45, 7) is 2.57. The van der Waals surface area contributed by atoms with Gasteiger partial charge in [-0.05, 0) is 30.9 Å². The molecule has 0 bridgehead atoms. The van der Waals surface area contributed by atoms with E-state index in [1.54, 1.807) is 13.3 Å². The van der Waals surface area contributed by atoms with Crippen LogP contribution in [0, 0.1) is 0 Å². The highest BCUT2D eigenvalue weighted by molar-refractivity contribution is 6.07. The molecule has 1 saturated carbocycles. The van der Waals surface area contributed by atoms with Crippen molar-refractivity contribution >= 4 is 28.3 Å². The van der Waals surface area contributed by atoms with Crippen LogP contribution in [-0.4, -0.2) is 29.8 Å². The molecular formula is C26H29N3O3. The third-order valence-electron chi connectivity index (χ3n) is 5.66. The van der Waals surface area contributed by atoms with E-state index in [2.05, 4.69) is 15.6 Å². The lowest BCUT2D eigenvalue weighted by Gasteiger charge is -2.17. The fourth-order valence-electron chi connectivity index (χ4n) is 3.81. The van der Waals surface area contributed by atoms with E-state index in [-0.39, 0.29) is 17.7 Å². The molecule has 0 atom stereocenters.